The molecule has 13 heteroatoms. The second-order valence-electron chi connectivity index (χ2n) is 8.02. The minimum absolute atomic E-state index is 0.0126. The number of halogens is 4. The topological polar surface area (TPSA) is 89.7 Å². The van der Waals surface area contributed by atoms with Crippen molar-refractivity contribution in [3.63, 3.8) is 0 Å². The van der Waals surface area contributed by atoms with E-state index in [1.54, 1.807) is 28.8 Å². The van der Waals surface area contributed by atoms with E-state index in [1.165, 1.54) is 30.0 Å². The molecule has 1 aliphatic heterocycles. The molecule has 0 bridgehead atoms. The Balaban J connectivity index is 1.47. The molecule has 1 fully saturated rings. The summed E-state index contributed by atoms with van der Waals surface area (Å²) < 4.78 is 49.5. The highest BCUT2D eigenvalue weighted by Crippen LogP contribution is 2.39. The van der Waals surface area contributed by atoms with E-state index in [2.05, 4.69) is 15.0 Å². The average molecular weight is 543 g/mol. The Morgan fingerprint density at radius 1 is 1.19 bits per heavy atom. The molecule has 0 atom stereocenters. The molecule has 2 heterocycles. The minimum atomic E-state index is -4.82. The fraction of sp³-hybridized carbons (Fsp3) is 0.348. The van der Waals surface area contributed by atoms with Crippen LogP contribution in [0, 0.1) is 0 Å². The number of carboxylic acid groups (broad SMARTS) is 1. The molecule has 1 aliphatic rings. The Hall–Kier alpha value is -3.12. The van der Waals surface area contributed by atoms with Gasteiger partial charge in [-0.1, -0.05) is 28.9 Å². The number of aromatic nitrogens is 3. The molecule has 0 amide bonds. The molecule has 0 aliphatic carbocycles. The second kappa shape index (κ2) is 10.9. The summed E-state index contributed by atoms with van der Waals surface area (Å²) in [4.78, 5) is 13.5. The van der Waals surface area contributed by atoms with Gasteiger partial charge in [0.25, 0.3) is 0 Å². The first kappa shape index (κ1) is 26.0. The summed E-state index contributed by atoms with van der Waals surface area (Å²) in [5.41, 5.74) is 1.03. The number of carboxylic acids is 1. The quantitative estimate of drug-likeness (QED) is 0.408. The number of ether oxygens (including phenoxy) is 2. The lowest BCUT2D eigenvalue weighted by Crippen LogP contribution is -2.35. The Kier molecular flexibility index (Phi) is 7.84. The molecule has 0 unspecified atom stereocenters. The van der Waals surface area contributed by atoms with Gasteiger partial charge in [0.1, 0.15) is 10.8 Å². The van der Waals surface area contributed by atoms with Crippen LogP contribution in [0.15, 0.2) is 47.5 Å². The van der Waals surface area contributed by atoms with E-state index in [4.69, 9.17) is 16.3 Å². The number of anilines is 1. The van der Waals surface area contributed by atoms with E-state index in [1.807, 2.05) is 12.1 Å². The number of nitrogens with zero attached hydrogens (tertiary/aromatic N) is 4. The number of hydrogen-bond acceptors (Lipinski definition) is 7. The summed E-state index contributed by atoms with van der Waals surface area (Å²) >= 11 is 7.39. The number of thioether (sulfide) groups is 1. The summed E-state index contributed by atoms with van der Waals surface area (Å²) in [7, 11) is 1.57. The number of rotatable bonds is 8. The first-order valence-corrected chi connectivity index (χ1v) is 12.2. The SMILES string of the molecule is COc1ccc(Cn2nnc(C(=O)O)c2SC2CCN(c3cc(Cl)ccc3OC(F)(F)F)CC2)cc1. The monoisotopic (exact) mass is 542 g/mol. The summed E-state index contributed by atoms with van der Waals surface area (Å²) in [6.07, 6.45) is -3.63. The van der Waals surface area contributed by atoms with Gasteiger partial charge in [-0.3, -0.25) is 0 Å². The maximum atomic E-state index is 12.9. The van der Waals surface area contributed by atoms with Crippen molar-refractivity contribution < 1.29 is 32.5 Å². The molecule has 1 saturated heterocycles. The van der Waals surface area contributed by atoms with Crippen molar-refractivity contribution in [3.05, 3.63) is 58.7 Å². The largest absolute Gasteiger partial charge is 0.573 e. The zero-order chi connectivity index (χ0) is 25.9. The number of alkyl halides is 3. The summed E-state index contributed by atoms with van der Waals surface area (Å²) in [5.74, 6) is -0.787. The second-order valence-corrected chi connectivity index (χ2v) is 9.74. The molecule has 1 aromatic heterocycles. The minimum Gasteiger partial charge on any atom is -0.497 e. The zero-order valence-corrected chi connectivity index (χ0v) is 20.6. The van der Waals surface area contributed by atoms with E-state index in [9.17, 15) is 23.1 Å². The van der Waals surface area contributed by atoms with Crippen LogP contribution in [0.2, 0.25) is 5.02 Å². The van der Waals surface area contributed by atoms with Crippen LogP contribution in [0.3, 0.4) is 0 Å². The van der Waals surface area contributed by atoms with Crippen LogP contribution in [-0.2, 0) is 6.54 Å². The Morgan fingerprint density at radius 2 is 1.89 bits per heavy atom. The van der Waals surface area contributed by atoms with Gasteiger partial charge in [-0.25, -0.2) is 9.48 Å². The molecule has 192 valence electrons. The van der Waals surface area contributed by atoms with Crippen LogP contribution in [0.5, 0.6) is 11.5 Å². The van der Waals surface area contributed by atoms with Crippen LogP contribution >= 0.6 is 23.4 Å². The summed E-state index contributed by atoms with van der Waals surface area (Å²) in [5, 5.41) is 18.2. The predicted molar refractivity (Wildman–Crippen MR) is 128 cm³/mol. The van der Waals surface area contributed by atoms with Crippen molar-refractivity contribution in [1.82, 2.24) is 15.0 Å². The third kappa shape index (κ3) is 6.35. The summed E-state index contributed by atoms with van der Waals surface area (Å²) in [6.45, 7) is 1.20. The van der Waals surface area contributed by atoms with Gasteiger partial charge < -0.3 is 19.5 Å². The Labute approximate surface area is 213 Å². The first-order chi connectivity index (χ1) is 17.1. The van der Waals surface area contributed by atoms with Crippen molar-refractivity contribution >= 4 is 35.0 Å². The van der Waals surface area contributed by atoms with Crippen molar-refractivity contribution in [1.29, 1.82) is 0 Å². The highest BCUT2D eigenvalue weighted by Gasteiger charge is 2.34. The van der Waals surface area contributed by atoms with Gasteiger partial charge in [0.15, 0.2) is 5.75 Å². The van der Waals surface area contributed by atoms with E-state index in [0.29, 0.717) is 48.3 Å². The maximum Gasteiger partial charge on any atom is 0.573 e. The number of aromatic carboxylic acids is 1. The highest BCUT2D eigenvalue weighted by atomic mass is 35.5. The predicted octanol–water partition coefficient (Wildman–Crippen LogP) is 5.35. The molecule has 0 radical (unpaired) electrons. The zero-order valence-electron chi connectivity index (χ0n) is 19.0. The third-order valence-corrected chi connectivity index (χ3v) is 7.26. The maximum absolute atomic E-state index is 12.9. The Morgan fingerprint density at radius 3 is 2.50 bits per heavy atom. The van der Waals surface area contributed by atoms with Crippen molar-refractivity contribution in [2.75, 3.05) is 25.1 Å². The number of methoxy groups -OCH3 is 1. The lowest BCUT2D eigenvalue weighted by molar-refractivity contribution is -0.274. The van der Waals surface area contributed by atoms with Crippen molar-refractivity contribution in [3.8, 4) is 11.5 Å². The molecule has 0 spiro atoms. The number of carbonyl (C=O) groups is 1. The summed E-state index contributed by atoms with van der Waals surface area (Å²) in [6, 6.07) is 11.3. The molecule has 36 heavy (non-hydrogen) atoms. The van der Waals surface area contributed by atoms with Gasteiger partial charge in [0, 0.05) is 23.4 Å². The van der Waals surface area contributed by atoms with Gasteiger partial charge in [0.05, 0.1) is 19.3 Å². The van der Waals surface area contributed by atoms with Crippen molar-refractivity contribution in [2.24, 2.45) is 0 Å². The number of benzene rings is 2. The average Bonchev–Trinajstić information content (AvgIpc) is 3.22. The van der Waals surface area contributed by atoms with Crippen LogP contribution in [0.1, 0.15) is 28.9 Å². The van der Waals surface area contributed by atoms with Gasteiger partial charge >= 0.3 is 12.3 Å². The van der Waals surface area contributed by atoms with Crippen molar-refractivity contribution in [2.45, 2.75) is 36.0 Å². The van der Waals surface area contributed by atoms with Crippen LogP contribution in [0.25, 0.3) is 0 Å². The lowest BCUT2D eigenvalue weighted by Gasteiger charge is -2.34. The molecule has 4 rings (SSSR count). The smallest absolute Gasteiger partial charge is 0.497 e. The highest BCUT2D eigenvalue weighted by molar-refractivity contribution is 8.00. The Bertz CT molecular complexity index is 1220. The van der Waals surface area contributed by atoms with E-state index in [-0.39, 0.29) is 22.4 Å². The fourth-order valence-electron chi connectivity index (χ4n) is 3.88. The molecule has 0 saturated carbocycles. The molecular formula is C23H22ClF3N4O4S. The van der Waals surface area contributed by atoms with Crippen LogP contribution in [0.4, 0.5) is 18.9 Å². The van der Waals surface area contributed by atoms with E-state index in [0.717, 1.165) is 5.56 Å². The van der Waals surface area contributed by atoms with E-state index >= 15 is 0 Å². The van der Waals surface area contributed by atoms with Gasteiger partial charge in [-0.15, -0.1) is 30.0 Å². The molecule has 1 N–H and O–H groups in total. The third-order valence-electron chi connectivity index (χ3n) is 5.59. The molecule has 2 aromatic carbocycles. The fourth-order valence-corrected chi connectivity index (χ4v) is 5.27. The number of hydrogen-bond donors (Lipinski definition) is 1. The van der Waals surface area contributed by atoms with E-state index < -0.39 is 12.3 Å². The normalized spacial score (nSPS) is 14.6. The number of piperidine rings is 1. The van der Waals surface area contributed by atoms with Crippen LogP contribution in [-0.4, -0.2) is 57.9 Å². The van der Waals surface area contributed by atoms with Gasteiger partial charge in [-0.05, 0) is 48.7 Å². The van der Waals surface area contributed by atoms with Gasteiger partial charge in [0.2, 0.25) is 5.69 Å². The van der Waals surface area contributed by atoms with Crippen LogP contribution < -0.4 is 14.4 Å². The van der Waals surface area contributed by atoms with Gasteiger partial charge in [-0.2, -0.15) is 0 Å². The standard InChI is InChI=1S/C23H22ClF3N4O4S/c1-34-16-5-2-14(3-6-16)13-31-21(20(22(32)33)28-29-31)36-17-8-10-30(11-9-17)18-12-15(24)4-7-19(18)35-23(25,26)27/h2-7,12,17H,8-11,13H2,1H3,(H,32,33). The molecule has 3 aromatic rings. The molecule has 8 nitrogen and oxygen atoms in total. The first-order valence-electron chi connectivity index (χ1n) is 10.9. The lowest BCUT2D eigenvalue weighted by atomic mass is 10.1. The molecular weight excluding hydrogens is 521 g/mol.